The lowest BCUT2D eigenvalue weighted by Gasteiger charge is -2.48. The molecule has 0 aromatic heterocycles. The maximum absolute atomic E-state index is 3.62. The van der Waals surface area contributed by atoms with Crippen LogP contribution < -0.4 is 5.32 Å². The normalized spacial score (nSPS) is 34.8. The highest BCUT2D eigenvalue weighted by Crippen LogP contribution is 2.37. The van der Waals surface area contributed by atoms with Crippen molar-refractivity contribution >= 4 is 0 Å². The lowest BCUT2D eigenvalue weighted by molar-refractivity contribution is 0.0535. The number of nitrogens with zero attached hydrogens (tertiary/aromatic N) is 2. The molecule has 2 rings (SSSR count). The highest BCUT2D eigenvalue weighted by Gasteiger charge is 2.40. The van der Waals surface area contributed by atoms with Gasteiger partial charge >= 0.3 is 0 Å². The van der Waals surface area contributed by atoms with Crippen LogP contribution in [-0.4, -0.2) is 61.7 Å². The number of hydrogen-bond acceptors (Lipinski definition) is 3. The maximum atomic E-state index is 3.62. The molecule has 1 aliphatic carbocycles. The molecule has 3 heteroatoms. The Labute approximate surface area is 126 Å². The van der Waals surface area contributed by atoms with E-state index in [2.05, 4.69) is 50.0 Å². The Morgan fingerprint density at radius 2 is 2.00 bits per heavy atom. The van der Waals surface area contributed by atoms with Crippen molar-refractivity contribution in [2.24, 2.45) is 5.41 Å². The summed E-state index contributed by atoms with van der Waals surface area (Å²) in [6, 6.07) is 2.10. The van der Waals surface area contributed by atoms with Gasteiger partial charge in [-0.2, -0.15) is 0 Å². The fourth-order valence-electron chi connectivity index (χ4n) is 4.65. The highest BCUT2D eigenvalue weighted by molar-refractivity contribution is 4.97. The van der Waals surface area contributed by atoms with E-state index in [9.17, 15) is 0 Å². The second-order valence-corrected chi connectivity index (χ2v) is 7.58. The van der Waals surface area contributed by atoms with Gasteiger partial charge in [-0.15, -0.1) is 0 Å². The van der Waals surface area contributed by atoms with Gasteiger partial charge in [-0.3, -0.25) is 4.90 Å². The van der Waals surface area contributed by atoms with Gasteiger partial charge in [0.05, 0.1) is 0 Å². The van der Waals surface area contributed by atoms with Crippen LogP contribution in [-0.2, 0) is 0 Å². The molecule has 0 spiro atoms. The Bertz CT molecular complexity index is 303. The molecule has 0 aromatic carbocycles. The summed E-state index contributed by atoms with van der Waals surface area (Å²) in [5.41, 5.74) is 0.423. The van der Waals surface area contributed by atoms with Gasteiger partial charge in [-0.25, -0.2) is 0 Å². The second-order valence-electron chi connectivity index (χ2n) is 7.58. The van der Waals surface area contributed by atoms with E-state index in [0.717, 1.165) is 6.04 Å². The van der Waals surface area contributed by atoms with Gasteiger partial charge in [-0.1, -0.05) is 27.2 Å². The van der Waals surface area contributed by atoms with Crippen LogP contribution in [0.5, 0.6) is 0 Å². The van der Waals surface area contributed by atoms with Crippen molar-refractivity contribution in [1.29, 1.82) is 0 Å². The maximum Gasteiger partial charge on any atom is 0.0271 e. The molecule has 3 unspecified atom stereocenters. The van der Waals surface area contributed by atoms with Crippen molar-refractivity contribution in [3.63, 3.8) is 0 Å². The summed E-state index contributed by atoms with van der Waals surface area (Å²) in [5.74, 6) is 0. The molecule has 3 nitrogen and oxygen atoms in total. The topological polar surface area (TPSA) is 18.5 Å². The third-order valence-corrected chi connectivity index (χ3v) is 5.83. The first-order chi connectivity index (χ1) is 9.49. The summed E-state index contributed by atoms with van der Waals surface area (Å²) in [7, 11) is 4.50. The monoisotopic (exact) mass is 281 g/mol. The van der Waals surface area contributed by atoms with Crippen molar-refractivity contribution in [2.45, 2.75) is 71.0 Å². The minimum atomic E-state index is 0.423. The van der Waals surface area contributed by atoms with Gasteiger partial charge in [0.25, 0.3) is 0 Å². The summed E-state index contributed by atoms with van der Waals surface area (Å²) >= 11 is 0. The zero-order chi connectivity index (χ0) is 14.8. The lowest BCUT2D eigenvalue weighted by Crippen LogP contribution is -2.58. The third kappa shape index (κ3) is 3.37. The first-order valence-corrected chi connectivity index (χ1v) is 8.61. The average molecular weight is 281 g/mol. The van der Waals surface area contributed by atoms with Gasteiger partial charge in [0.15, 0.2) is 0 Å². The number of likely N-dealkylation sites (N-methyl/N-ethyl adjacent to an activating group) is 3. The molecule has 1 saturated carbocycles. The van der Waals surface area contributed by atoms with Gasteiger partial charge < -0.3 is 10.2 Å². The number of nitrogens with one attached hydrogen (secondary N) is 1. The van der Waals surface area contributed by atoms with E-state index in [-0.39, 0.29) is 0 Å². The Kier molecular flexibility index (Phi) is 5.49. The van der Waals surface area contributed by atoms with Crippen molar-refractivity contribution in [3.05, 3.63) is 0 Å². The molecule has 118 valence electrons. The molecule has 1 heterocycles. The molecule has 2 fully saturated rings. The molecule has 3 atom stereocenters. The van der Waals surface area contributed by atoms with Crippen molar-refractivity contribution in [2.75, 3.05) is 33.7 Å². The molecule has 1 saturated heterocycles. The molecule has 0 amide bonds. The molecular weight excluding hydrogens is 246 g/mol. The van der Waals surface area contributed by atoms with E-state index in [0.29, 0.717) is 17.5 Å². The van der Waals surface area contributed by atoms with E-state index in [4.69, 9.17) is 0 Å². The number of hydrogen-bond donors (Lipinski definition) is 1. The van der Waals surface area contributed by atoms with E-state index >= 15 is 0 Å². The van der Waals surface area contributed by atoms with E-state index in [1.807, 2.05) is 0 Å². The highest BCUT2D eigenvalue weighted by atomic mass is 15.2. The Balaban J connectivity index is 1.98. The summed E-state index contributed by atoms with van der Waals surface area (Å²) in [6.07, 6.45) is 6.86. The van der Waals surface area contributed by atoms with Crippen molar-refractivity contribution < 1.29 is 0 Å². The number of rotatable bonds is 5. The molecule has 0 radical (unpaired) electrons. The zero-order valence-electron chi connectivity index (χ0n) is 14.3. The Morgan fingerprint density at radius 3 is 2.65 bits per heavy atom. The molecule has 2 aliphatic rings. The summed E-state index contributed by atoms with van der Waals surface area (Å²) in [4.78, 5) is 5.32. The summed E-state index contributed by atoms with van der Waals surface area (Å²) in [6.45, 7) is 10.9. The van der Waals surface area contributed by atoms with Crippen LogP contribution in [0.25, 0.3) is 0 Å². The predicted molar refractivity (Wildman–Crippen MR) is 87.2 cm³/mol. The second kappa shape index (κ2) is 6.76. The Hall–Kier alpha value is -0.120. The summed E-state index contributed by atoms with van der Waals surface area (Å²) in [5, 5.41) is 3.62. The van der Waals surface area contributed by atoms with Crippen LogP contribution in [0, 0.1) is 5.41 Å². The average Bonchev–Trinajstić information content (AvgIpc) is 2.84. The van der Waals surface area contributed by atoms with Gasteiger partial charge in [0, 0.05) is 24.7 Å². The van der Waals surface area contributed by atoms with Crippen LogP contribution in [0.2, 0.25) is 0 Å². The molecule has 0 aromatic rings. The third-order valence-electron chi connectivity index (χ3n) is 5.83. The van der Waals surface area contributed by atoms with Crippen LogP contribution in [0.4, 0.5) is 0 Å². The van der Waals surface area contributed by atoms with Crippen molar-refractivity contribution in [1.82, 2.24) is 15.1 Å². The van der Waals surface area contributed by atoms with Crippen molar-refractivity contribution in [3.8, 4) is 0 Å². The van der Waals surface area contributed by atoms with Crippen LogP contribution in [0.1, 0.15) is 52.9 Å². The minimum absolute atomic E-state index is 0.423. The standard InChI is InChI=1S/C17H35N3/c1-6-20-12-8-9-14(20)13-19(5)15-10-7-11-17(2,3)16(15)18-4/h14-16,18H,6-13H2,1-5H3. The quantitative estimate of drug-likeness (QED) is 0.835. The lowest BCUT2D eigenvalue weighted by atomic mass is 9.70. The number of likely N-dealkylation sites (tertiary alicyclic amines) is 1. The Morgan fingerprint density at radius 1 is 1.25 bits per heavy atom. The SMILES string of the molecule is CCN1CCCC1CN(C)C1CCCC(C)(C)C1NC. The molecule has 1 aliphatic heterocycles. The minimum Gasteiger partial charge on any atom is -0.315 e. The predicted octanol–water partition coefficient (Wildman–Crippen LogP) is 2.57. The van der Waals surface area contributed by atoms with Gasteiger partial charge in [0.2, 0.25) is 0 Å². The molecule has 1 N–H and O–H groups in total. The first-order valence-electron chi connectivity index (χ1n) is 8.61. The first kappa shape index (κ1) is 16.3. The largest absolute Gasteiger partial charge is 0.315 e. The molecule has 20 heavy (non-hydrogen) atoms. The van der Waals surface area contributed by atoms with E-state index in [1.165, 1.54) is 51.7 Å². The fourth-order valence-corrected chi connectivity index (χ4v) is 4.65. The van der Waals surface area contributed by atoms with Crippen LogP contribution in [0.3, 0.4) is 0 Å². The van der Waals surface area contributed by atoms with Gasteiger partial charge in [-0.05, 0) is 58.3 Å². The van der Waals surface area contributed by atoms with E-state index in [1.54, 1.807) is 0 Å². The fraction of sp³-hybridized carbons (Fsp3) is 1.00. The molecule has 0 bridgehead atoms. The van der Waals surface area contributed by atoms with Crippen LogP contribution in [0.15, 0.2) is 0 Å². The smallest absolute Gasteiger partial charge is 0.0271 e. The zero-order valence-corrected chi connectivity index (χ0v) is 14.3. The van der Waals surface area contributed by atoms with E-state index < -0.39 is 0 Å². The van der Waals surface area contributed by atoms with Gasteiger partial charge in [0.1, 0.15) is 0 Å². The summed E-state index contributed by atoms with van der Waals surface area (Å²) < 4.78 is 0. The van der Waals surface area contributed by atoms with Crippen LogP contribution >= 0.6 is 0 Å². The molecular formula is C17H35N3.